The summed E-state index contributed by atoms with van der Waals surface area (Å²) in [6, 6.07) is 6.37. The first-order chi connectivity index (χ1) is 17.0. The van der Waals surface area contributed by atoms with E-state index in [4.69, 9.17) is 4.74 Å². The van der Waals surface area contributed by atoms with Crippen LogP contribution >= 0.6 is 0 Å². The van der Waals surface area contributed by atoms with Crippen molar-refractivity contribution < 1.29 is 19.1 Å². The number of rotatable bonds is 6. The number of carbonyl (C=O) groups excluding carboxylic acids is 3. The molecule has 2 amide bonds. The number of benzene rings is 1. The molecule has 8 nitrogen and oxygen atoms in total. The van der Waals surface area contributed by atoms with Gasteiger partial charge in [0.25, 0.3) is 5.91 Å². The lowest BCUT2D eigenvalue weighted by Crippen LogP contribution is -2.52. The molecule has 8 heteroatoms. The number of carbonyl (C=O) groups is 3. The van der Waals surface area contributed by atoms with Gasteiger partial charge in [-0.3, -0.25) is 14.4 Å². The highest BCUT2D eigenvalue weighted by Gasteiger charge is 2.55. The fraction of sp³-hybridized carbons (Fsp3) is 0.679. The maximum absolute atomic E-state index is 13.8. The van der Waals surface area contributed by atoms with E-state index in [0.29, 0.717) is 18.5 Å². The van der Waals surface area contributed by atoms with Gasteiger partial charge in [0.2, 0.25) is 5.91 Å². The van der Waals surface area contributed by atoms with Crippen molar-refractivity contribution in [2.75, 3.05) is 51.3 Å². The van der Waals surface area contributed by atoms with E-state index in [2.05, 4.69) is 42.9 Å². The number of likely N-dealkylation sites (tertiary alicyclic amines) is 1. The Bertz CT molecular complexity index is 963. The Morgan fingerprint density at radius 3 is 2.31 bits per heavy atom. The number of anilines is 1. The summed E-state index contributed by atoms with van der Waals surface area (Å²) in [5, 5.41) is 2.99. The van der Waals surface area contributed by atoms with E-state index in [9.17, 15) is 14.4 Å². The minimum absolute atomic E-state index is 0.0470. The molecule has 0 aromatic heterocycles. The monoisotopic (exact) mass is 498 g/mol. The topological polar surface area (TPSA) is 82.2 Å². The standard InChI is InChI=1S/C28H42N4O4/c1-18(2)15-22(27(35)32-16-21(28(3,4)5)25-24(32)23(33)17-36-25)29-26(34)19-7-9-20(10-8-19)31-13-11-30(6)12-14-31/h7-10,18,21-22,24-25H,11-17H2,1-6H3,(H,29,34)/t21-,22?,24+,25+/m0/s1. The average Bonchev–Trinajstić information content (AvgIpc) is 3.39. The first-order valence-electron chi connectivity index (χ1n) is 13.2. The molecule has 0 bridgehead atoms. The molecule has 4 rings (SSSR count). The summed E-state index contributed by atoms with van der Waals surface area (Å²) in [4.78, 5) is 46.0. The molecule has 3 saturated heterocycles. The first kappa shape index (κ1) is 26.6. The predicted octanol–water partition coefficient (Wildman–Crippen LogP) is 2.42. The Morgan fingerprint density at radius 2 is 1.72 bits per heavy atom. The molecule has 36 heavy (non-hydrogen) atoms. The maximum Gasteiger partial charge on any atom is 0.251 e. The minimum atomic E-state index is -0.692. The lowest BCUT2D eigenvalue weighted by Gasteiger charge is -2.34. The van der Waals surface area contributed by atoms with Crippen LogP contribution in [-0.4, -0.2) is 92.0 Å². The first-order valence-corrected chi connectivity index (χ1v) is 13.2. The van der Waals surface area contributed by atoms with Crippen molar-refractivity contribution in [3.8, 4) is 0 Å². The molecular weight excluding hydrogens is 456 g/mol. The summed E-state index contributed by atoms with van der Waals surface area (Å²) >= 11 is 0. The number of nitrogens with one attached hydrogen (secondary N) is 1. The van der Waals surface area contributed by atoms with E-state index in [0.717, 1.165) is 31.9 Å². The lowest BCUT2D eigenvalue weighted by molar-refractivity contribution is -0.138. The van der Waals surface area contributed by atoms with Crippen molar-refractivity contribution in [1.29, 1.82) is 0 Å². The highest BCUT2D eigenvalue weighted by atomic mass is 16.5. The summed E-state index contributed by atoms with van der Waals surface area (Å²) in [5.74, 6) is -0.237. The molecule has 0 spiro atoms. The summed E-state index contributed by atoms with van der Waals surface area (Å²) in [6.45, 7) is 14.9. The fourth-order valence-corrected chi connectivity index (χ4v) is 5.67. The zero-order chi connectivity index (χ0) is 26.2. The number of Topliss-reactive ketones (excluding diaryl/α,β-unsaturated/α-hetero) is 1. The zero-order valence-corrected chi connectivity index (χ0v) is 22.6. The van der Waals surface area contributed by atoms with Crippen LogP contribution in [0.2, 0.25) is 0 Å². The Morgan fingerprint density at radius 1 is 1.08 bits per heavy atom. The molecule has 3 aliphatic heterocycles. The number of fused-ring (bicyclic) bond motifs is 1. The molecule has 0 radical (unpaired) electrons. The smallest absolute Gasteiger partial charge is 0.251 e. The van der Waals surface area contributed by atoms with Crippen LogP contribution in [0, 0.1) is 17.3 Å². The van der Waals surface area contributed by atoms with Gasteiger partial charge in [-0.25, -0.2) is 0 Å². The second kappa shape index (κ2) is 10.5. The average molecular weight is 499 g/mol. The van der Waals surface area contributed by atoms with Gasteiger partial charge in [0, 0.05) is 49.9 Å². The molecule has 1 unspecified atom stereocenters. The highest BCUT2D eigenvalue weighted by Crippen LogP contribution is 2.41. The molecule has 1 N–H and O–H groups in total. The number of piperazine rings is 1. The summed E-state index contributed by atoms with van der Waals surface area (Å²) in [6.07, 6.45) is 0.228. The van der Waals surface area contributed by atoms with Gasteiger partial charge in [0.1, 0.15) is 18.7 Å². The number of ketones is 1. The van der Waals surface area contributed by atoms with Crippen molar-refractivity contribution in [1.82, 2.24) is 15.1 Å². The predicted molar refractivity (Wildman–Crippen MR) is 140 cm³/mol. The number of hydrogen-bond donors (Lipinski definition) is 1. The van der Waals surface area contributed by atoms with Gasteiger partial charge in [-0.05, 0) is 49.1 Å². The van der Waals surface area contributed by atoms with Crippen LogP contribution in [0.25, 0.3) is 0 Å². The SMILES string of the molecule is CC(C)CC(NC(=O)c1ccc(N2CCN(C)CC2)cc1)C(=O)N1C[C@H](C(C)(C)C)[C@H]2OCC(=O)[C@H]21. The number of hydrogen-bond acceptors (Lipinski definition) is 6. The van der Waals surface area contributed by atoms with Gasteiger partial charge in [0.15, 0.2) is 5.78 Å². The van der Waals surface area contributed by atoms with E-state index in [1.807, 2.05) is 38.1 Å². The van der Waals surface area contributed by atoms with Crippen LogP contribution in [-0.2, 0) is 14.3 Å². The zero-order valence-electron chi connectivity index (χ0n) is 22.6. The quantitative estimate of drug-likeness (QED) is 0.649. The third-order valence-corrected chi connectivity index (χ3v) is 7.89. The Labute approximate surface area is 215 Å². The number of amides is 2. The number of nitrogens with zero attached hydrogens (tertiary/aromatic N) is 3. The summed E-state index contributed by atoms with van der Waals surface area (Å²) in [7, 11) is 2.13. The molecule has 0 aliphatic carbocycles. The van der Waals surface area contributed by atoms with Gasteiger partial charge < -0.3 is 24.8 Å². The molecule has 3 aliphatic rings. The second-order valence-electron chi connectivity index (χ2n) is 12.1. The fourth-order valence-electron chi connectivity index (χ4n) is 5.67. The van der Waals surface area contributed by atoms with Crippen molar-refractivity contribution in [2.24, 2.45) is 17.3 Å². The van der Waals surface area contributed by atoms with E-state index in [1.54, 1.807) is 4.90 Å². The molecule has 3 fully saturated rings. The van der Waals surface area contributed by atoms with Crippen molar-refractivity contribution in [2.45, 2.75) is 59.2 Å². The third kappa shape index (κ3) is 5.59. The van der Waals surface area contributed by atoms with Crippen LogP contribution < -0.4 is 10.2 Å². The van der Waals surface area contributed by atoms with Crippen molar-refractivity contribution in [3.05, 3.63) is 29.8 Å². The minimum Gasteiger partial charge on any atom is -0.369 e. The number of ether oxygens (including phenoxy) is 1. The van der Waals surface area contributed by atoms with Crippen LogP contribution in [0.3, 0.4) is 0 Å². The second-order valence-corrected chi connectivity index (χ2v) is 12.1. The maximum atomic E-state index is 13.8. The van der Waals surface area contributed by atoms with E-state index < -0.39 is 12.1 Å². The number of likely N-dealkylation sites (N-methyl/N-ethyl adjacent to an activating group) is 1. The molecule has 198 valence electrons. The Balaban J connectivity index is 1.48. The van der Waals surface area contributed by atoms with Crippen LogP contribution in [0.1, 0.15) is 51.4 Å². The molecule has 1 aromatic carbocycles. The molecule has 0 saturated carbocycles. The van der Waals surface area contributed by atoms with Gasteiger partial charge in [0.05, 0.1) is 6.10 Å². The van der Waals surface area contributed by atoms with Gasteiger partial charge in [-0.15, -0.1) is 0 Å². The van der Waals surface area contributed by atoms with Crippen molar-refractivity contribution >= 4 is 23.3 Å². The lowest BCUT2D eigenvalue weighted by atomic mass is 9.78. The van der Waals surface area contributed by atoms with E-state index in [-0.39, 0.29) is 47.6 Å². The molecule has 3 heterocycles. The molecule has 4 atom stereocenters. The molecule has 1 aromatic rings. The van der Waals surface area contributed by atoms with E-state index in [1.165, 1.54) is 0 Å². The van der Waals surface area contributed by atoms with Crippen molar-refractivity contribution in [3.63, 3.8) is 0 Å². The highest BCUT2D eigenvalue weighted by molar-refractivity contribution is 5.99. The largest absolute Gasteiger partial charge is 0.369 e. The van der Waals surface area contributed by atoms with Crippen LogP contribution in [0.4, 0.5) is 5.69 Å². The summed E-state index contributed by atoms with van der Waals surface area (Å²) in [5.41, 5.74) is 1.53. The third-order valence-electron chi connectivity index (χ3n) is 7.89. The normalized spacial score (nSPS) is 25.9. The van der Waals surface area contributed by atoms with Gasteiger partial charge >= 0.3 is 0 Å². The molecular formula is C28H42N4O4. The van der Waals surface area contributed by atoms with Gasteiger partial charge in [-0.2, -0.15) is 0 Å². The van der Waals surface area contributed by atoms with Crippen LogP contribution in [0.15, 0.2) is 24.3 Å². The van der Waals surface area contributed by atoms with Gasteiger partial charge in [-0.1, -0.05) is 34.6 Å². The summed E-state index contributed by atoms with van der Waals surface area (Å²) < 4.78 is 5.85. The Hall–Kier alpha value is -2.45. The Kier molecular flexibility index (Phi) is 7.76. The van der Waals surface area contributed by atoms with E-state index >= 15 is 0 Å². The van der Waals surface area contributed by atoms with Crippen LogP contribution in [0.5, 0.6) is 0 Å².